The monoisotopic (exact) mass is 370 g/mol. The average Bonchev–Trinajstić information content (AvgIpc) is 3.09. The Morgan fingerprint density at radius 1 is 1.15 bits per heavy atom. The molecular weight excluding hydrogens is 344 g/mol. The van der Waals surface area contributed by atoms with Crippen LogP contribution in [0.1, 0.15) is 30.5 Å². The maximum absolute atomic E-state index is 8.76. The van der Waals surface area contributed by atoms with Crippen molar-refractivity contribution in [2.24, 2.45) is 0 Å². The van der Waals surface area contributed by atoms with Gasteiger partial charge in [-0.1, -0.05) is 44.7 Å². The van der Waals surface area contributed by atoms with Crippen LogP contribution in [-0.4, -0.2) is 16.6 Å². The number of fused-ring (bicyclic) bond motifs is 1. The first kappa shape index (κ1) is 20.1. The van der Waals surface area contributed by atoms with Gasteiger partial charge in [0.05, 0.1) is 12.8 Å². The maximum Gasteiger partial charge on any atom is 0.118 e. The van der Waals surface area contributed by atoms with Gasteiger partial charge in [-0.2, -0.15) is 0 Å². The Labute approximate surface area is 160 Å². The van der Waals surface area contributed by atoms with E-state index in [2.05, 4.69) is 41.2 Å². The van der Waals surface area contributed by atoms with Crippen molar-refractivity contribution < 1.29 is 9.94 Å². The van der Waals surface area contributed by atoms with E-state index in [1.807, 2.05) is 37.5 Å². The molecule has 0 spiro atoms. The molecule has 26 heavy (non-hydrogen) atoms. The van der Waals surface area contributed by atoms with Crippen molar-refractivity contribution >= 4 is 18.0 Å². The molecule has 0 saturated heterocycles. The standard InChI is InChI=1S/C19H20N2O2S.C2H6/c1-14(20-22)3-4-15-5-6-16-12-21(13-17(16)11-15)24-19-9-7-18(23-2)8-10-19;1-2/h3-11,20,22H,1,12-13H2,2H3;1-2H3/b4-3+;. The molecule has 2 aromatic carbocycles. The molecule has 5 heteroatoms. The highest BCUT2D eigenvalue weighted by Gasteiger charge is 2.19. The Kier molecular flexibility index (Phi) is 7.78. The highest BCUT2D eigenvalue weighted by atomic mass is 32.2. The number of rotatable bonds is 6. The number of allylic oxidation sites excluding steroid dienone is 1. The van der Waals surface area contributed by atoms with Gasteiger partial charge in [-0.3, -0.25) is 10.7 Å². The van der Waals surface area contributed by atoms with Crippen molar-refractivity contribution in [3.05, 3.63) is 77.5 Å². The summed E-state index contributed by atoms with van der Waals surface area (Å²) in [4.78, 5) is 1.20. The van der Waals surface area contributed by atoms with Crippen LogP contribution in [0.5, 0.6) is 5.75 Å². The second-order valence-electron chi connectivity index (χ2n) is 5.56. The van der Waals surface area contributed by atoms with Crippen LogP contribution in [0.2, 0.25) is 0 Å². The van der Waals surface area contributed by atoms with E-state index in [1.54, 1.807) is 25.1 Å². The molecule has 0 aromatic heterocycles. The average molecular weight is 371 g/mol. The fraction of sp³-hybridized carbons (Fsp3) is 0.238. The van der Waals surface area contributed by atoms with Crippen molar-refractivity contribution in [2.45, 2.75) is 31.8 Å². The zero-order chi connectivity index (χ0) is 18.9. The summed E-state index contributed by atoms with van der Waals surface area (Å²) in [6, 6.07) is 14.6. The molecule has 0 fully saturated rings. The summed E-state index contributed by atoms with van der Waals surface area (Å²) >= 11 is 1.76. The Morgan fingerprint density at radius 2 is 1.85 bits per heavy atom. The smallest absolute Gasteiger partial charge is 0.118 e. The molecule has 0 aliphatic carbocycles. The molecule has 0 unspecified atom stereocenters. The first-order valence-corrected chi connectivity index (χ1v) is 9.41. The number of nitrogens with zero attached hydrogens (tertiary/aromatic N) is 1. The van der Waals surface area contributed by atoms with E-state index in [9.17, 15) is 0 Å². The van der Waals surface area contributed by atoms with Crippen LogP contribution < -0.4 is 10.2 Å². The lowest BCUT2D eigenvalue weighted by Crippen LogP contribution is -2.05. The second-order valence-corrected chi connectivity index (χ2v) is 6.73. The minimum Gasteiger partial charge on any atom is -0.497 e. The van der Waals surface area contributed by atoms with E-state index in [0.717, 1.165) is 24.4 Å². The zero-order valence-corrected chi connectivity index (χ0v) is 16.3. The Hall–Kier alpha value is -2.21. The van der Waals surface area contributed by atoms with Gasteiger partial charge >= 0.3 is 0 Å². The molecule has 0 radical (unpaired) electrons. The summed E-state index contributed by atoms with van der Waals surface area (Å²) in [6.45, 7) is 9.50. The normalized spacial score (nSPS) is 13.1. The van der Waals surface area contributed by atoms with Gasteiger partial charge in [0.15, 0.2) is 0 Å². The molecule has 1 aliphatic rings. The van der Waals surface area contributed by atoms with Crippen molar-refractivity contribution in [3.63, 3.8) is 0 Å². The fourth-order valence-corrected chi connectivity index (χ4v) is 3.53. The molecule has 0 atom stereocenters. The summed E-state index contributed by atoms with van der Waals surface area (Å²) in [5.74, 6) is 0.874. The SMILES string of the molecule is C=C(/C=C/c1ccc2c(c1)CN(Sc1ccc(OC)cc1)C2)NO.CC. The molecule has 4 nitrogen and oxygen atoms in total. The highest BCUT2D eigenvalue weighted by Crippen LogP contribution is 2.33. The van der Waals surface area contributed by atoms with Crippen LogP contribution in [0.25, 0.3) is 6.08 Å². The number of hydrogen-bond acceptors (Lipinski definition) is 5. The first-order chi connectivity index (χ1) is 12.7. The van der Waals surface area contributed by atoms with Crippen molar-refractivity contribution in [2.75, 3.05) is 7.11 Å². The third-order valence-electron chi connectivity index (χ3n) is 3.84. The largest absolute Gasteiger partial charge is 0.497 e. The number of hydrogen-bond donors (Lipinski definition) is 2. The van der Waals surface area contributed by atoms with Crippen LogP contribution in [0.15, 0.2) is 65.7 Å². The summed E-state index contributed by atoms with van der Waals surface area (Å²) in [5.41, 5.74) is 6.28. The van der Waals surface area contributed by atoms with Gasteiger partial charge in [-0.15, -0.1) is 0 Å². The number of nitrogens with one attached hydrogen (secondary N) is 1. The molecular formula is C21H26N2O2S. The van der Waals surface area contributed by atoms with Gasteiger partial charge in [0.25, 0.3) is 0 Å². The van der Waals surface area contributed by atoms with E-state index in [4.69, 9.17) is 9.94 Å². The van der Waals surface area contributed by atoms with Crippen molar-refractivity contribution in [1.82, 2.24) is 9.79 Å². The number of hydroxylamine groups is 1. The molecule has 0 bridgehead atoms. The molecule has 138 valence electrons. The summed E-state index contributed by atoms with van der Waals surface area (Å²) in [5, 5.41) is 8.76. The molecule has 2 aromatic rings. The van der Waals surface area contributed by atoms with Gasteiger partial charge in [0, 0.05) is 18.0 Å². The lowest BCUT2D eigenvalue weighted by Gasteiger charge is -2.13. The van der Waals surface area contributed by atoms with E-state index in [-0.39, 0.29) is 0 Å². The predicted octanol–water partition coefficient (Wildman–Crippen LogP) is 5.25. The van der Waals surface area contributed by atoms with Gasteiger partial charge < -0.3 is 4.74 Å². The Balaban J connectivity index is 0.00000117. The van der Waals surface area contributed by atoms with Gasteiger partial charge in [-0.05, 0) is 59.0 Å². The van der Waals surface area contributed by atoms with Gasteiger partial charge in [-0.25, -0.2) is 4.31 Å². The molecule has 0 saturated carbocycles. The summed E-state index contributed by atoms with van der Waals surface area (Å²) < 4.78 is 7.54. The van der Waals surface area contributed by atoms with E-state index in [1.165, 1.54) is 16.0 Å². The van der Waals surface area contributed by atoms with Crippen molar-refractivity contribution in [1.29, 1.82) is 0 Å². The molecule has 1 heterocycles. The Bertz CT molecular complexity index is 757. The topological polar surface area (TPSA) is 44.7 Å². The van der Waals surface area contributed by atoms with Crippen LogP contribution >= 0.6 is 11.9 Å². The van der Waals surface area contributed by atoms with Crippen LogP contribution in [0.4, 0.5) is 0 Å². The van der Waals surface area contributed by atoms with E-state index >= 15 is 0 Å². The number of ether oxygens (including phenoxy) is 1. The highest BCUT2D eigenvalue weighted by molar-refractivity contribution is 7.97. The van der Waals surface area contributed by atoms with Crippen LogP contribution in [0.3, 0.4) is 0 Å². The third kappa shape index (κ3) is 5.39. The van der Waals surface area contributed by atoms with Gasteiger partial charge in [0.1, 0.15) is 5.75 Å². The quantitative estimate of drug-likeness (QED) is 0.413. The predicted molar refractivity (Wildman–Crippen MR) is 109 cm³/mol. The van der Waals surface area contributed by atoms with Crippen molar-refractivity contribution in [3.8, 4) is 5.75 Å². The maximum atomic E-state index is 8.76. The summed E-state index contributed by atoms with van der Waals surface area (Å²) in [6.07, 6.45) is 3.69. The zero-order valence-electron chi connectivity index (χ0n) is 15.5. The fourth-order valence-electron chi connectivity index (χ4n) is 2.57. The molecule has 2 N–H and O–H groups in total. The lowest BCUT2D eigenvalue weighted by atomic mass is 10.1. The Morgan fingerprint density at radius 3 is 2.50 bits per heavy atom. The van der Waals surface area contributed by atoms with Crippen LogP contribution in [0, 0.1) is 0 Å². The summed E-state index contributed by atoms with van der Waals surface area (Å²) in [7, 11) is 1.68. The molecule has 1 aliphatic heterocycles. The molecule has 0 amide bonds. The third-order valence-corrected chi connectivity index (χ3v) is 4.84. The molecule has 3 rings (SSSR count). The minimum absolute atomic E-state index is 0.465. The van der Waals surface area contributed by atoms with Crippen LogP contribution in [-0.2, 0) is 13.1 Å². The van der Waals surface area contributed by atoms with Gasteiger partial charge in [0.2, 0.25) is 0 Å². The second kappa shape index (κ2) is 10.1. The minimum atomic E-state index is 0.465. The lowest BCUT2D eigenvalue weighted by molar-refractivity contribution is 0.205. The number of benzene rings is 2. The van der Waals surface area contributed by atoms with E-state index in [0.29, 0.717) is 5.70 Å². The van der Waals surface area contributed by atoms with E-state index < -0.39 is 0 Å². The number of methoxy groups -OCH3 is 1. The first-order valence-electron chi connectivity index (χ1n) is 8.64.